The molecule has 2 N–H and O–H groups in total. The minimum atomic E-state index is -3.74. The van der Waals surface area contributed by atoms with Gasteiger partial charge in [-0.1, -0.05) is 18.2 Å². The monoisotopic (exact) mass is 334 g/mol. The molecule has 122 valence electrons. The van der Waals surface area contributed by atoms with Crippen molar-refractivity contribution in [2.45, 2.75) is 11.1 Å². The zero-order valence-electron chi connectivity index (χ0n) is 12.8. The molecule has 0 radical (unpaired) electrons. The van der Waals surface area contributed by atoms with Gasteiger partial charge in [-0.25, -0.2) is 18.1 Å². The number of hydrogen-bond acceptors (Lipinski definition) is 4. The van der Waals surface area contributed by atoms with Gasteiger partial charge in [0, 0.05) is 49.5 Å². The van der Waals surface area contributed by atoms with E-state index in [0.717, 1.165) is 10.9 Å². The predicted octanol–water partition coefficient (Wildman–Crippen LogP) is 0.924. The van der Waals surface area contributed by atoms with Crippen LogP contribution in [0.3, 0.4) is 0 Å². The summed E-state index contributed by atoms with van der Waals surface area (Å²) in [7, 11) is -0.161. The van der Waals surface area contributed by atoms with E-state index in [1.54, 1.807) is 11.6 Å². The number of aliphatic hydroxyl groups is 1. The lowest BCUT2D eigenvalue weighted by Gasteiger charge is -2.10. The van der Waals surface area contributed by atoms with Gasteiger partial charge in [-0.3, -0.25) is 0 Å². The topological polar surface area (TPSA) is 89.2 Å². The third-order valence-electron chi connectivity index (χ3n) is 3.71. The van der Waals surface area contributed by atoms with Crippen LogP contribution in [0.25, 0.3) is 10.9 Å². The fourth-order valence-corrected chi connectivity index (χ4v) is 3.55. The van der Waals surface area contributed by atoms with Crippen LogP contribution in [0.1, 0.15) is 11.7 Å². The Morgan fingerprint density at radius 3 is 2.70 bits per heavy atom. The second-order valence-electron chi connectivity index (χ2n) is 5.46. The summed E-state index contributed by atoms with van der Waals surface area (Å²) < 4.78 is 30.1. The minimum Gasteiger partial charge on any atom is -0.387 e. The van der Waals surface area contributed by atoms with Gasteiger partial charge in [0.05, 0.1) is 12.4 Å². The van der Waals surface area contributed by atoms with Gasteiger partial charge in [-0.15, -0.1) is 0 Å². The van der Waals surface area contributed by atoms with E-state index in [2.05, 4.69) is 9.71 Å². The summed E-state index contributed by atoms with van der Waals surface area (Å²) in [5.74, 6) is 0. The van der Waals surface area contributed by atoms with Crippen LogP contribution in [0.4, 0.5) is 0 Å². The maximum absolute atomic E-state index is 12.1. The van der Waals surface area contributed by atoms with Crippen molar-refractivity contribution in [3.63, 3.8) is 0 Å². The van der Waals surface area contributed by atoms with Crippen LogP contribution in [-0.4, -0.2) is 34.2 Å². The number of aryl methyl sites for hydroxylation is 2. The summed E-state index contributed by atoms with van der Waals surface area (Å²) >= 11 is 0. The molecule has 0 aliphatic heterocycles. The summed E-state index contributed by atoms with van der Waals surface area (Å²) in [4.78, 5) is 3.82. The maximum Gasteiger partial charge on any atom is 0.259 e. The molecular weight excluding hydrogens is 316 g/mol. The Balaban J connectivity index is 1.80. The second-order valence-corrected chi connectivity index (χ2v) is 7.17. The van der Waals surface area contributed by atoms with Gasteiger partial charge in [0.15, 0.2) is 5.03 Å². The number of nitrogens with zero attached hydrogens (tertiary/aromatic N) is 3. The average molecular weight is 334 g/mol. The average Bonchev–Trinajstić information content (AvgIpc) is 3.10. The lowest BCUT2D eigenvalue weighted by Crippen LogP contribution is -2.28. The van der Waals surface area contributed by atoms with Crippen LogP contribution in [0.2, 0.25) is 0 Å². The SMILES string of the molecule is Cn1cnc(S(=O)(=O)NC[C@H](O)c2cn(C)c3ccccc23)c1. The number of aliphatic hydroxyl groups excluding tert-OH is 1. The van der Waals surface area contributed by atoms with Crippen LogP contribution >= 0.6 is 0 Å². The van der Waals surface area contributed by atoms with Crippen molar-refractivity contribution in [3.8, 4) is 0 Å². The minimum absolute atomic E-state index is 0.0647. The van der Waals surface area contributed by atoms with Crippen LogP contribution < -0.4 is 4.72 Å². The Hall–Kier alpha value is -2.16. The lowest BCUT2D eigenvalue weighted by molar-refractivity contribution is 0.183. The van der Waals surface area contributed by atoms with E-state index in [0.29, 0.717) is 5.56 Å². The van der Waals surface area contributed by atoms with Crippen molar-refractivity contribution < 1.29 is 13.5 Å². The van der Waals surface area contributed by atoms with Crippen LogP contribution in [0.15, 0.2) is 48.0 Å². The first-order chi connectivity index (χ1) is 10.9. The number of imidazole rings is 1. The van der Waals surface area contributed by atoms with E-state index in [1.165, 1.54) is 12.5 Å². The quantitative estimate of drug-likeness (QED) is 0.726. The summed E-state index contributed by atoms with van der Waals surface area (Å²) in [5, 5.41) is 11.2. The van der Waals surface area contributed by atoms with E-state index in [9.17, 15) is 13.5 Å². The van der Waals surface area contributed by atoms with Crippen molar-refractivity contribution in [1.29, 1.82) is 0 Å². The summed E-state index contributed by atoms with van der Waals surface area (Å²) in [6.45, 7) is -0.118. The molecule has 0 saturated heterocycles. The molecule has 3 rings (SSSR count). The van der Waals surface area contributed by atoms with Crippen molar-refractivity contribution >= 4 is 20.9 Å². The van der Waals surface area contributed by atoms with Gasteiger partial charge in [-0.2, -0.15) is 0 Å². The normalized spacial score (nSPS) is 13.5. The fourth-order valence-electron chi connectivity index (χ4n) is 2.54. The first-order valence-electron chi connectivity index (χ1n) is 7.08. The Labute approximate surface area is 134 Å². The molecule has 3 aromatic rings. The third-order valence-corrected chi connectivity index (χ3v) is 5.02. The Bertz CT molecular complexity index is 943. The number of hydrogen-bond donors (Lipinski definition) is 2. The van der Waals surface area contributed by atoms with Crippen molar-refractivity contribution in [2.24, 2.45) is 14.1 Å². The third kappa shape index (κ3) is 3.00. The molecule has 2 aromatic heterocycles. The van der Waals surface area contributed by atoms with Gasteiger partial charge >= 0.3 is 0 Å². The number of rotatable bonds is 5. The molecule has 0 bridgehead atoms. The Kier molecular flexibility index (Phi) is 3.97. The summed E-state index contributed by atoms with van der Waals surface area (Å²) in [6, 6.07) is 7.66. The van der Waals surface area contributed by atoms with Crippen molar-refractivity contribution in [1.82, 2.24) is 18.8 Å². The van der Waals surface area contributed by atoms with Crippen molar-refractivity contribution in [2.75, 3.05) is 6.54 Å². The highest BCUT2D eigenvalue weighted by atomic mass is 32.2. The molecule has 1 aromatic carbocycles. The number of fused-ring (bicyclic) bond motifs is 1. The first-order valence-corrected chi connectivity index (χ1v) is 8.56. The smallest absolute Gasteiger partial charge is 0.259 e. The largest absolute Gasteiger partial charge is 0.387 e. The van der Waals surface area contributed by atoms with E-state index in [-0.39, 0.29) is 11.6 Å². The summed E-state index contributed by atoms with van der Waals surface area (Å²) in [5.41, 5.74) is 1.67. The lowest BCUT2D eigenvalue weighted by atomic mass is 10.1. The standard InChI is InChI=1S/C15H18N4O3S/c1-18-9-15(16-10-18)23(21,22)17-7-14(20)12-8-19(2)13-6-4-3-5-11(12)13/h3-6,8-10,14,17,20H,7H2,1-2H3/t14-/m0/s1. The zero-order chi connectivity index (χ0) is 16.6. The molecule has 0 unspecified atom stereocenters. The van der Waals surface area contributed by atoms with Crippen LogP contribution in [0, 0.1) is 0 Å². The number of sulfonamides is 1. The van der Waals surface area contributed by atoms with Gasteiger partial charge in [-0.05, 0) is 6.07 Å². The van der Waals surface area contributed by atoms with E-state index in [1.807, 2.05) is 42.1 Å². The zero-order valence-corrected chi connectivity index (χ0v) is 13.7. The Morgan fingerprint density at radius 1 is 1.26 bits per heavy atom. The molecule has 0 aliphatic rings. The van der Waals surface area contributed by atoms with E-state index >= 15 is 0 Å². The number of para-hydroxylation sites is 1. The van der Waals surface area contributed by atoms with Gasteiger partial charge in [0.25, 0.3) is 10.0 Å². The van der Waals surface area contributed by atoms with Gasteiger partial charge < -0.3 is 14.2 Å². The molecule has 8 heteroatoms. The van der Waals surface area contributed by atoms with Crippen LogP contribution in [0.5, 0.6) is 0 Å². The second kappa shape index (κ2) is 5.80. The van der Waals surface area contributed by atoms with Crippen LogP contribution in [-0.2, 0) is 24.1 Å². The molecule has 0 fully saturated rings. The van der Waals surface area contributed by atoms with Crippen molar-refractivity contribution in [3.05, 3.63) is 48.5 Å². The maximum atomic E-state index is 12.1. The highest BCUT2D eigenvalue weighted by molar-refractivity contribution is 7.89. The fraction of sp³-hybridized carbons (Fsp3) is 0.267. The molecule has 1 atom stereocenters. The highest BCUT2D eigenvalue weighted by Crippen LogP contribution is 2.25. The van der Waals surface area contributed by atoms with Gasteiger partial charge in [0.1, 0.15) is 0 Å². The molecule has 0 spiro atoms. The van der Waals surface area contributed by atoms with E-state index in [4.69, 9.17) is 0 Å². The molecular formula is C15H18N4O3S. The Morgan fingerprint density at radius 2 is 2.00 bits per heavy atom. The number of benzene rings is 1. The molecule has 0 saturated carbocycles. The molecule has 23 heavy (non-hydrogen) atoms. The first kappa shape index (κ1) is 15.7. The predicted molar refractivity (Wildman–Crippen MR) is 86.3 cm³/mol. The van der Waals surface area contributed by atoms with E-state index < -0.39 is 16.1 Å². The molecule has 2 heterocycles. The highest BCUT2D eigenvalue weighted by Gasteiger charge is 2.20. The molecule has 7 nitrogen and oxygen atoms in total. The number of aromatic nitrogens is 3. The molecule has 0 amide bonds. The summed E-state index contributed by atoms with van der Waals surface area (Å²) in [6.07, 6.45) is 3.69. The molecule has 0 aliphatic carbocycles. The number of nitrogens with one attached hydrogen (secondary N) is 1. The van der Waals surface area contributed by atoms with Gasteiger partial charge in [0.2, 0.25) is 0 Å².